The summed E-state index contributed by atoms with van der Waals surface area (Å²) in [6.45, 7) is 3.61. The normalized spacial score (nSPS) is 23.4. The SMILES string of the molecule is Cc1ccc(S(=O)(=O)OO)c(C2COC(=O)C2C)c1. The van der Waals surface area contributed by atoms with Crippen LogP contribution < -0.4 is 0 Å². The molecule has 1 aromatic carbocycles. The molecule has 104 valence electrons. The second-order valence-corrected chi connectivity index (χ2v) is 6.09. The zero-order valence-electron chi connectivity index (χ0n) is 10.5. The summed E-state index contributed by atoms with van der Waals surface area (Å²) in [7, 11) is -4.24. The predicted octanol–water partition coefficient (Wildman–Crippen LogP) is 1.45. The van der Waals surface area contributed by atoms with Crippen molar-refractivity contribution in [3.63, 3.8) is 0 Å². The fraction of sp³-hybridized carbons (Fsp3) is 0.417. The van der Waals surface area contributed by atoms with Crippen molar-refractivity contribution in [2.45, 2.75) is 24.7 Å². The molecular formula is C12H14O6S. The first-order chi connectivity index (χ1) is 8.86. The van der Waals surface area contributed by atoms with Crippen LogP contribution in [0.4, 0.5) is 0 Å². The first-order valence-electron chi connectivity index (χ1n) is 5.72. The van der Waals surface area contributed by atoms with Crippen molar-refractivity contribution < 1.29 is 27.5 Å². The van der Waals surface area contributed by atoms with Crippen LogP contribution in [0.15, 0.2) is 23.1 Å². The van der Waals surface area contributed by atoms with Gasteiger partial charge in [-0.15, -0.1) is 4.33 Å². The standard InChI is InChI=1S/C12H14O6S/c1-7-3-4-11(19(15,16)18-14)9(5-7)10-6-17-12(13)8(10)2/h3-5,8,10,14H,6H2,1-2H3. The highest BCUT2D eigenvalue weighted by Crippen LogP contribution is 2.36. The minimum Gasteiger partial charge on any atom is -0.465 e. The van der Waals surface area contributed by atoms with Crippen molar-refractivity contribution in [3.8, 4) is 0 Å². The van der Waals surface area contributed by atoms with Gasteiger partial charge in [0.15, 0.2) is 0 Å². The Morgan fingerprint density at radius 3 is 2.63 bits per heavy atom. The van der Waals surface area contributed by atoms with E-state index in [0.717, 1.165) is 5.56 Å². The number of ether oxygens (including phenoxy) is 1. The molecule has 7 heteroatoms. The van der Waals surface area contributed by atoms with Gasteiger partial charge in [0.2, 0.25) is 0 Å². The average molecular weight is 286 g/mol. The molecule has 1 fully saturated rings. The van der Waals surface area contributed by atoms with Crippen LogP contribution in [0.25, 0.3) is 0 Å². The van der Waals surface area contributed by atoms with Crippen LogP contribution in [0.2, 0.25) is 0 Å². The lowest BCUT2D eigenvalue weighted by molar-refractivity contribution is -0.140. The molecule has 1 aliphatic heterocycles. The van der Waals surface area contributed by atoms with Crippen molar-refractivity contribution in [3.05, 3.63) is 29.3 Å². The van der Waals surface area contributed by atoms with Crippen molar-refractivity contribution in [2.24, 2.45) is 5.92 Å². The summed E-state index contributed by atoms with van der Waals surface area (Å²) in [4.78, 5) is 11.3. The van der Waals surface area contributed by atoms with E-state index >= 15 is 0 Å². The van der Waals surface area contributed by atoms with E-state index in [0.29, 0.717) is 5.56 Å². The molecule has 2 atom stereocenters. The molecule has 0 radical (unpaired) electrons. The van der Waals surface area contributed by atoms with Gasteiger partial charge in [0.1, 0.15) is 4.90 Å². The van der Waals surface area contributed by atoms with Crippen LogP contribution in [-0.4, -0.2) is 26.3 Å². The molecule has 1 N–H and O–H groups in total. The highest BCUT2D eigenvalue weighted by molar-refractivity contribution is 7.86. The van der Waals surface area contributed by atoms with Crippen LogP contribution in [0.5, 0.6) is 0 Å². The molecule has 1 aromatic rings. The van der Waals surface area contributed by atoms with Crippen LogP contribution in [0, 0.1) is 12.8 Å². The molecule has 0 spiro atoms. The molecule has 2 rings (SSSR count). The van der Waals surface area contributed by atoms with E-state index in [2.05, 4.69) is 4.33 Å². The molecule has 0 saturated carbocycles. The van der Waals surface area contributed by atoms with E-state index in [1.54, 1.807) is 19.1 Å². The second kappa shape index (κ2) is 4.92. The number of carbonyl (C=O) groups excluding carboxylic acids is 1. The molecule has 1 saturated heterocycles. The van der Waals surface area contributed by atoms with Gasteiger partial charge in [0.25, 0.3) is 0 Å². The van der Waals surface area contributed by atoms with E-state index in [4.69, 9.17) is 9.99 Å². The van der Waals surface area contributed by atoms with Gasteiger partial charge < -0.3 is 4.74 Å². The smallest absolute Gasteiger partial charge is 0.323 e. The van der Waals surface area contributed by atoms with Gasteiger partial charge in [-0.3, -0.25) is 4.79 Å². The summed E-state index contributed by atoms with van der Waals surface area (Å²) in [5, 5.41) is 8.52. The molecule has 6 nitrogen and oxygen atoms in total. The Morgan fingerprint density at radius 1 is 1.42 bits per heavy atom. The number of esters is 1. The number of benzene rings is 1. The molecule has 0 bridgehead atoms. The molecule has 2 unspecified atom stereocenters. The summed E-state index contributed by atoms with van der Waals surface area (Å²) < 4.78 is 31.9. The van der Waals surface area contributed by atoms with Crippen molar-refractivity contribution in [1.29, 1.82) is 0 Å². The van der Waals surface area contributed by atoms with E-state index < -0.39 is 16.0 Å². The summed E-state index contributed by atoms with van der Waals surface area (Å²) in [5.74, 6) is -1.17. The quantitative estimate of drug-likeness (QED) is 0.514. The molecule has 1 aliphatic rings. The Hall–Kier alpha value is -1.44. The zero-order chi connectivity index (χ0) is 14.2. The van der Waals surface area contributed by atoms with Gasteiger partial charge >= 0.3 is 16.1 Å². The maximum absolute atomic E-state index is 11.7. The summed E-state index contributed by atoms with van der Waals surface area (Å²) >= 11 is 0. The van der Waals surface area contributed by atoms with Crippen molar-refractivity contribution >= 4 is 16.1 Å². The molecule has 1 heterocycles. The lowest BCUT2D eigenvalue weighted by Gasteiger charge is -2.16. The third-order valence-corrected chi connectivity index (χ3v) is 4.42. The fourth-order valence-corrected chi connectivity index (χ4v) is 3.01. The van der Waals surface area contributed by atoms with E-state index in [9.17, 15) is 13.2 Å². The Morgan fingerprint density at radius 2 is 2.11 bits per heavy atom. The van der Waals surface area contributed by atoms with Crippen LogP contribution in [-0.2, 0) is 24.0 Å². The molecule has 0 aliphatic carbocycles. The predicted molar refractivity (Wildman–Crippen MR) is 64.9 cm³/mol. The van der Waals surface area contributed by atoms with Crippen LogP contribution in [0.3, 0.4) is 0 Å². The van der Waals surface area contributed by atoms with Gasteiger partial charge in [-0.25, -0.2) is 5.26 Å². The third-order valence-electron chi connectivity index (χ3n) is 3.31. The topological polar surface area (TPSA) is 89.9 Å². The second-order valence-electron chi connectivity index (χ2n) is 4.60. The van der Waals surface area contributed by atoms with E-state index in [1.807, 2.05) is 6.92 Å². The van der Waals surface area contributed by atoms with Gasteiger partial charge in [-0.05, 0) is 18.6 Å². The summed E-state index contributed by atoms with van der Waals surface area (Å²) in [6, 6.07) is 4.61. The lowest BCUT2D eigenvalue weighted by atomic mass is 9.89. The number of carbonyl (C=O) groups is 1. The maximum Gasteiger partial charge on any atom is 0.323 e. The molecular weight excluding hydrogens is 272 g/mol. The Kier molecular flexibility index (Phi) is 3.62. The summed E-state index contributed by atoms with van der Waals surface area (Å²) in [5.41, 5.74) is 1.27. The number of cyclic esters (lactones) is 1. The first-order valence-corrected chi connectivity index (χ1v) is 7.13. The number of aryl methyl sites for hydroxylation is 1. The van der Waals surface area contributed by atoms with Crippen LogP contribution in [0.1, 0.15) is 24.0 Å². The monoisotopic (exact) mass is 286 g/mol. The summed E-state index contributed by atoms with van der Waals surface area (Å²) in [6.07, 6.45) is 0. The minimum atomic E-state index is -4.24. The first kappa shape index (κ1) is 14.0. The minimum absolute atomic E-state index is 0.122. The van der Waals surface area contributed by atoms with Crippen LogP contribution >= 0.6 is 0 Å². The highest BCUT2D eigenvalue weighted by atomic mass is 32.2. The number of hydrogen-bond acceptors (Lipinski definition) is 6. The van der Waals surface area contributed by atoms with Gasteiger partial charge in [-0.2, -0.15) is 8.42 Å². The van der Waals surface area contributed by atoms with Crippen molar-refractivity contribution in [2.75, 3.05) is 6.61 Å². The Balaban J connectivity index is 2.56. The Bertz CT molecular complexity index is 607. The zero-order valence-corrected chi connectivity index (χ0v) is 11.3. The Labute approximate surface area is 111 Å². The molecule has 0 aromatic heterocycles. The van der Waals surface area contributed by atoms with Gasteiger partial charge in [0.05, 0.1) is 12.5 Å². The van der Waals surface area contributed by atoms with Gasteiger partial charge in [-0.1, -0.05) is 24.6 Å². The molecule has 19 heavy (non-hydrogen) atoms. The van der Waals surface area contributed by atoms with Gasteiger partial charge in [0, 0.05) is 5.92 Å². The van der Waals surface area contributed by atoms with E-state index in [1.165, 1.54) is 6.07 Å². The number of hydrogen-bond donors (Lipinski definition) is 1. The third kappa shape index (κ3) is 2.49. The highest BCUT2D eigenvalue weighted by Gasteiger charge is 2.37. The number of rotatable bonds is 3. The largest absolute Gasteiger partial charge is 0.465 e. The fourth-order valence-electron chi connectivity index (χ4n) is 2.20. The molecule has 0 amide bonds. The maximum atomic E-state index is 11.7. The average Bonchev–Trinajstić information content (AvgIpc) is 2.69. The van der Waals surface area contributed by atoms with E-state index in [-0.39, 0.29) is 23.4 Å². The van der Waals surface area contributed by atoms with Crippen molar-refractivity contribution in [1.82, 2.24) is 0 Å². The lowest BCUT2D eigenvalue weighted by Crippen LogP contribution is -2.15.